The van der Waals surface area contributed by atoms with Gasteiger partial charge in [-0.05, 0) is 44.5 Å². The van der Waals surface area contributed by atoms with E-state index in [4.69, 9.17) is 5.73 Å². The maximum Gasteiger partial charge on any atom is 0.255 e. The Bertz CT molecular complexity index is 760. The van der Waals surface area contributed by atoms with Crippen LogP contribution in [0.25, 0.3) is 17.2 Å². The lowest BCUT2D eigenvalue weighted by Crippen LogP contribution is -2.03. The number of hydrogen-bond donors (Lipinski definition) is 1. The molecular formula is C15H17N5. The Morgan fingerprint density at radius 1 is 1.15 bits per heavy atom. The number of nitrogens with two attached hydrogens (primary N) is 1. The molecule has 2 aromatic heterocycles. The summed E-state index contributed by atoms with van der Waals surface area (Å²) in [5.41, 5.74) is 9.89. The Balaban J connectivity index is 2.17. The van der Waals surface area contributed by atoms with Crippen LogP contribution in [0.1, 0.15) is 17.0 Å². The monoisotopic (exact) mass is 267 g/mol. The molecule has 0 atom stereocenters. The van der Waals surface area contributed by atoms with Crippen LogP contribution < -0.4 is 5.73 Å². The van der Waals surface area contributed by atoms with Gasteiger partial charge in [0.1, 0.15) is 0 Å². The molecule has 0 fully saturated rings. The van der Waals surface area contributed by atoms with E-state index in [0.717, 1.165) is 29.2 Å². The van der Waals surface area contributed by atoms with Crippen LogP contribution >= 0.6 is 0 Å². The summed E-state index contributed by atoms with van der Waals surface area (Å²) in [6, 6.07) is 10.3. The van der Waals surface area contributed by atoms with Gasteiger partial charge in [-0.3, -0.25) is 4.40 Å². The average molecular weight is 267 g/mol. The second-order valence-corrected chi connectivity index (χ2v) is 4.94. The van der Waals surface area contributed by atoms with Gasteiger partial charge in [-0.2, -0.15) is 0 Å². The van der Waals surface area contributed by atoms with E-state index in [1.54, 1.807) is 0 Å². The Morgan fingerprint density at radius 3 is 2.80 bits per heavy atom. The van der Waals surface area contributed by atoms with Crippen molar-refractivity contribution in [3.8, 4) is 11.4 Å². The van der Waals surface area contributed by atoms with Crippen molar-refractivity contribution in [1.82, 2.24) is 19.6 Å². The van der Waals surface area contributed by atoms with Gasteiger partial charge >= 0.3 is 0 Å². The van der Waals surface area contributed by atoms with E-state index in [1.165, 1.54) is 5.56 Å². The molecule has 0 aliphatic carbocycles. The van der Waals surface area contributed by atoms with Gasteiger partial charge in [0.15, 0.2) is 5.82 Å². The third-order valence-corrected chi connectivity index (χ3v) is 3.31. The fraction of sp³-hybridized carbons (Fsp3) is 0.267. The standard InChI is InChI=1S/C15H17N5/c1-10-8-11(2)20-14(18-19-15(20)17-10)13-5-3-4-12(9-13)6-7-16/h3-5,8-9H,6-7,16H2,1-2H3. The lowest BCUT2D eigenvalue weighted by Gasteiger charge is -2.06. The van der Waals surface area contributed by atoms with Crippen LogP contribution in [0.3, 0.4) is 0 Å². The van der Waals surface area contributed by atoms with Gasteiger partial charge in [-0.1, -0.05) is 18.2 Å². The fourth-order valence-corrected chi connectivity index (χ4v) is 2.45. The van der Waals surface area contributed by atoms with Crippen molar-refractivity contribution in [3.63, 3.8) is 0 Å². The lowest BCUT2D eigenvalue weighted by molar-refractivity contribution is 0.967. The van der Waals surface area contributed by atoms with Crippen LogP contribution in [-0.2, 0) is 6.42 Å². The smallest absolute Gasteiger partial charge is 0.255 e. The summed E-state index contributed by atoms with van der Waals surface area (Å²) in [6.07, 6.45) is 0.862. The highest BCUT2D eigenvalue weighted by molar-refractivity contribution is 5.59. The number of nitrogens with zero attached hydrogens (tertiary/aromatic N) is 4. The van der Waals surface area contributed by atoms with E-state index in [-0.39, 0.29) is 0 Å². The molecule has 3 rings (SSSR count). The zero-order chi connectivity index (χ0) is 14.1. The van der Waals surface area contributed by atoms with Gasteiger partial charge in [0, 0.05) is 17.0 Å². The predicted molar refractivity (Wildman–Crippen MR) is 78.5 cm³/mol. The number of benzene rings is 1. The molecule has 0 aliphatic heterocycles. The highest BCUT2D eigenvalue weighted by atomic mass is 15.3. The van der Waals surface area contributed by atoms with Gasteiger partial charge in [0.05, 0.1) is 0 Å². The molecule has 0 bridgehead atoms. The van der Waals surface area contributed by atoms with E-state index in [1.807, 2.05) is 36.4 Å². The van der Waals surface area contributed by atoms with Gasteiger partial charge in [0.25, 0.3) is 5.78 Å². The third-order valence-electron chi connectivity index (χ3n) is 3.31. The minimum atomic E-state index is 0.640. The first kappa shape index (κ1) is 12.7. The average Bonchev–Trinajstić information content (AvgIpc) is 2.83. The molecule has 5 heteroatoms. The third kappa shape index (κ3) is 2.16. The van der Waals surface area contributed by atoms with Crippen molar-refractivity contribution in [3.05, 3.63) is 47.3 Å². The van der Waals surface area contributed by atoms with Crippen molar-refractivity contribution in [2.45, 2.75) is 20.3 Å². The van der Waals surface area contributed by atoms with Crippen LogP contribution in [0, 0.1) is 13.8 Å². The second kappa shape index (κ2) is 5.02. The largest absolute Gasteiger partial charge is 0.330 e. The summed E-state index contributed by atoms with van der Waals surface area (Å²) in [4.78, 5) is 4.41. The van der Waals surface area contributed by atoms with E-state index < -0.39 is 0 Å². The van der Waals surface area contributed by atoms with E-state index in [2.05, 4.69) is 27.3 Å². The molecule has 3 aromatic rings. The summed E-state index contributed by atoms with van der Waals surface area (Å²) >= 11 is 0. The van der Waals surface area contributed by atoms with Crippen molar-refractivity contribution in [1.29, 1.82) is 0 Å². The van der Waals surface area contributed by atoms with E-state index in [0.29, 0.717) is 12.3 Å². The van der Waals surface area contributed by atoms with Crippen LogP contribution in [0.4, 0.5) is 0 Å². The Labute approximate surface area is 117 Å². The first-order valence-electron chi connectivity index (χ1n) is 6.68. The molecule has 0 radical (unpaired) electrons. The molecule has 2 N–H and O–H groups in total. The quantitative estimate of drug-likeness (QED) is 0.787. The first-order valence-corrected chi connectivity index (χ1v) is 6.68. The van der Waals surface area contributed by atoms with Crippen LogP contribution in [0.5, 0.6) is 0 Å². The Kier molecular flexibility index (Phi) is 3.20. The minimum Gasteiger partial charge on any atom is -0.330 e. The summed E-state index contributed by atoms with van der Waals surface area (Å²) in [5.74, 6) is 1.46. The zero-order valence-electron chi connectivity index (χ0n) is 11.7. The van der Waals surface area contributed by atoms with Crippen molar-refractivity contribution in [2.24, 2.45) is 5.73 Å². The van der Waals surface area contributed by atoms with Crippen molar-refractivity contribution in [2.75, 3.05) is 6.54 Å². The van der Waals surface area contributed by atoms with Gasteiger partial charge < -0.3 is 5.73 Å². The van der Waals surface area contributed by atoms with E-state index in [9.17, 15) is 0 Å². The topological polar surface area (TPSA) is 69.1 Å². The SMILES string of the molecule is Cc1cc(C)n2c(-c3cccc(CCN)c3)nnc2n1. The Morgan fingerprint density at radius 2 is 2.00 bits per heavy atom. The molecular weight excluding hydrogens is 250 g/mol. The number of rotatable bonds is 3. The zero-order valence-corrected chi connectivity index (χ0v) is 11.7. The minimum absolute atomic E-state index is 0.640. The molecule has 0 aliphatic rings. The van der Waals surface area contributed by atoms with Gasteiger partial charge in [0.2, 0.25) is 0 Å². The Hall–Kier alpha value is -2.27. The van der Waals surface area contributed by atoms with Crippen LogP contribution in [0.15, 0.2) is 30.3 Å². The maximum absolute atomic E-state index is 5.62. The summed E-state index contributed by atoms with van der Waals surface area (Å²) in [5, 5.41) is 8.46. The number of aryl methyl sites for hydroxylation is 2. The highest BCUT2D eigenvalue weighted by Gasteiger charge is 2.11. The summed E-state index contributed by atoms with van der Waals surface area (Å²) < 4.78 is 1.98. The number of fused-ring (bicyclic) bond motifs is 1. The van der Waals surface area contributed by atoms with Crippen molar-refractivity contribution >= 4 is 5.78 Å². The molecule has 0 unspecified atom stereocenters. The van der Waals surface area contributed by atoms with E-state index >= 15 is 0 Å². The molecule has 20 heavy (non-hydrogen) atoms. The van der Waals surface area contributed by atoms with Crippen LogP contribution in [-0.4, -0.2) is 26.1 Å². The molecule has 5 nitrogen and oxygen atoms in total. The highest BCUT2D eigenvalue weighted by Crippen LogP contribution is 2.21. The van der Waals surface area contributed by atoms with Gasteiger partial charge in [-0.15, -0.1) is 10.2 Å². The lowest BCUT2D eigenvalue weighted by atomic mass is 10.1. The van der Waals surface area contributed by atoms with Gasteiger partial charge in [-0.25, -0.2) is 4.98 Å². The number of aromatic nitrogens is 4. The molecule has 2 heterocycles. The molecule has 0 saturated heterocycles. The molecule has 0 saturated carbocycles. The molecule has 0 amide bonds. The first-order chi connectivity index (χ1) is 9.69. The second-order valence-electron chi connectivity index (χ2n) is 4.94. The predicted octanol–water partition coefficient (Wildman–Crippen LogP) is 1.91. The maximum atomic E-state index is 5.62. The molecule has 102 valence electrons. The summed E-state index contributed by atoms with van der Waals surface area (Å²) in [6.45, 7) is 4.64. The summed E-state index contributed by atoms with van der Waals surface area (Å²) in [7, 11) is 0. The molecule has 0 spiro atoms. The van der Waals surface area contributed by atoms with Crippen LogP contribution in [0.2, 0.25) is 0 Å². The molecule has 1 aromatic carbocycles. The number of hydrogen-bond acceptors (Lipinski definition) is 4. The fourth-order valence-electron chi connectivity index (χ4n) is 2.45. The normalized spacial score (nSPS) is 11.2. The van der Waals surface area contributed by atoms with Crippen molar-refractivity contribution < 1.29 is 0 Å².